The highest BCUT2D eigenvalue weighted by atomic mass is 32.2. The predicted octanol–water partition coefficient (Wildman–Crippen LogP) is 2.78. The molecular weight excluding hydrogens is 310 g/mol. The number of anilines is 1. The van der Waals surface area contributed by atoms with Crippen molar-refractivity contribution in [1.29, 1.82) is 0 Å². The van der Waals surface area contributed by atoms with Gasteiger partial charge in [-0.1, -0.05) is 48.2 Å². The molecular formula is C17H17N3O2S. The molecule has 0 aromatic heterocycles. The summed E-state index contributed by atoms with van der Waals surface area (Å²) in [5, 5.41) is 7.83. The first-order chi connectivity index (χ1) is 11.2. The van der Waals surface area contributed by atoms with E-state index in [0.29, 0.717) is 11.7 Å². The molecule has 0 spiro atoms. The molecule has 2 amide bonds. The number of benzene rings is 2. The molecule has 3 rings (SSSR count). The standard InChI is InChI=1S/C17H17N3O2S/c1-2-18-17-20-16(22)14(23-17)10-15(21)19-13-9-5-7-11-6-3-4-8-12(11)13/h3-9,14H,2,10H2,1H3,(H,19,21)(H,18,20,22)/t14-/m1/s1. The highest BCUT2D eigenvalue weighted by Crippen LogP contribution is 2.25. The molecule has 118 valence electrons. The second-order valence-corrected chi connectivity index (χ2v) is 6.35. The molecule has 2 aromatic rings. The van der Waals surface area contributed by atoms with E-state index >= 15 is 0 Å². The van der Waals surface area contributed by atoms with Gasteiger partial charge in [-0.15, -0.1) is 0 Å². The van der Waals surface area contributed by atoms with E-state index in [-0.39, 0.29) is 18.2 Å². The van der Waals surface area contributed by atoms with E-state index in [9.17, 15) is 9.59 Å². The number of carbonyl (C=O) groups excluding carboxylic acids is 2. The second-order valence-electron chi connectivity index (χ2n) is 5.15. The van der Waals surface area contributed by atoms with Crippen molar-refractivity contribution in [3.63, 3.8) is 0 Å². The molecule has 1 fully saturated rings. The van der Waals surface area contributed by atoms with Gasteiger partial charge in [0, 0.05) is 24.0 Å². The summed E-state index contributed by atoms with van der Waals surface area (Å²) in [7, 11) is 0. The number of hydrogen-bond acceptors (Lipinski definition) is 4. The van der Waals surface area contributed by atoms with E-state index in [4.69, 9.17) is 0 Å². The third-order valence-corrected chi connectivity index (χ3v) is 4.63. The van der Waals surface area contributed by atoms with Crippen LogP contribution < -0.4 is 10.6 Å². The smallest absolute Gasteiger partial charge is 0.240 e. The quantitative estimate of drug-likeness (QED) is 0.907. The van der Waals surface area contributed by atoms with Gasteiger partial charge in [0.15, 0.2) is 5.17 Å². The Balaban J connectivity index is 1.70. The maximum absolute atomic E-state index is 12.3. The number of amides is 2. The minimum atomic E-state index is -0.421. The van der Waals surface area contributed by atoms with Gasteiger partial charge in [-0.25, -0.2) is 0 Å². The van der Waals surface area contributed by atoms with Crippen molar-refractivity contribution in [3.8, 4) is 0 Å². The number of carbonyl (C=O) groups is 2. The molecule has 6 heteroatoms. The van der Waals surface area contributed by atoms with Gasteiger partial charge in [-0.05, 0) is 18.4 Å². The monoisotopic (exact) mass is 327 g/mol. The SMILES string of the molecule is CCN=C1NC(=O)[C@@H](CC(=O)Nc2cccc3ccccc23)S1. The van der Waals surface area contributed by atoms with Crippen LogP contribution in [-0.4, -0.2) is 28.8 Å². The molecule has 1 heterocycles. The van der Waals surface area contributed by atoms with Crippen LogP contribution in [0.2, 0.25) is 0 Å². The van der Waals surface area contributed by atoms with Gasteiger partial charge in [-0.3, -0.25) is 14.6 Å². The van der Waals surface area contributed by atoms with Crippen LogP contribution in [0.4, 0.5) is 5.69 Å². The van der Waals surface area contributed by atoms with Crippen LogP contribution in [0.5, 0.6) is 0 Å². The van der Waals surface area contributed by atoms with Crippen molar-refractivity contribution in [2.24, 2.45) is 4.99 Å². The third-order valence-electron chi connectivity index (χ3n) is 3.51. The lowest BCUT2D eigenvalue weighted by Crippen LogP contribution is -2.28. The molecule has 0 bridgehead atoms. The van der Waals surface area contributed by atoms with Crippen molar-refractivity contribution in [2.45, 2.75) is 18.6 Å². The number of fused-ring (bicyclic) bond motifs is 1. The number of thioether (sulfide) groups is 1. The van der Waals surface area contributed by atoms with Gasteiger partial charge in [0.1, 0.15) is 5.25 Å². The maximum atomic E-state index is 12.3. The number of nitrogens with zero attached hydrogens (tertiary/aromatic N) is 1. The fraction of sp³-hybridized carbons (Fsp3) is 0.235. The van der Waals surface area contributed by atoms with Crippen molar-refractivity contribution < 1.29 is 9.59 Å². The zero-order valence-electron chi connectivity index (χ0n) is 12.7. The van der Waals surface area contributed by atoms with Crippen molar-refractivity contribution >= 4 is 45.2 Å². The van der Waals surface area contributed by atoms with E-state index in [0.717, 1.165) is 16.5 Å². The lowest BCUT2D eigenvalue weighted by Gasteiger charge is -2.10. The molecule has 1 atom stereocenters. The zero-order valence-corrected chi connectivity index (χ0v) is 13.5. The number of aliphatic imine (C=N–C) groups is 1. The minimum Gasteiger partial charge on any atom is -0.325 e. The van der Waals surface area contributed by atoms with E-state index in [1.165, 1.54) is 11.8 Å². The average molecular weight is 327 g/mol. The summed E-state index contributed by atoms with van der Waals surface area (Å²) in [6.45, 7) is 2.51. The fourth-order valence-electron chi connectivity index (χ4n) is 2.46. The predicted molar refractivity (Wildman–Crippen MR) is 94.7 cm³/mol. The van der Waals surface area contributed by atoms with Gasteiger partial charge < -0.3 is 10.6 Å². The Morgan fingerprint density at radius 1 is 1.26 bits per heavy atom. The molecule has 1 aliphatic rings. The molecule has 1 saturated heterocycles. The van der Waals surface area contributed by atoms with Gasteiger partial charge in [0.05, 0.1) is 0 Å². The van der Waals surface area contributed by atoms with E-state index < -0.39 is 5.25 Å². The number of amidine groups is 1. The average Bonchev–Trinajstić information content (AvgIpc) is 2.87. The summed E-state index contributed by atoms with van der Waals surface area (Å²) in [6, 6.07) is 13.6. The zero-order chi connectivity index (χ0) is 16.2. The molecule has 0 saturated carbocycles. The van der Waals surface area contributed by atoms with Crippen LogP contribution in [0.25, 0.3) is 10.8 Å². The first-order valence-corrected chi connectivity index (χ1v) is 8.35. The summed E-state index contributed by atoms with van der Waals surface area (Å²) < 4.78 is 0. The first kappa shape index (κ1) is 15.6. The van der Waals surface area contributed by atoms with Crippen LogP contribution in [0.3, 0.4) is 0 Å². The van der Waals surface area contributed by atoms with Crippen molar-refractivity contribution in [3.05, 3.63) is 42.5 Å². The summed E-state index contributed by atoms with van der Waals surface area (Å²) in [6.07, 6.45) is 0.127. The van der Waals surface area contributed by atoms with Gasteiger partial charge in [0.2, 0.25) is 11.8 Å². The van der Waals surface area contributed by atoms with Gasteiger partial charge in [0.25, 0.3) is 0 Å². The Morgan fingerprint density at radius 2 is 2.04 bits per heavy atom. The number of hydrogen-bond donors (Lipinski definition) is 2. The van der Waals surface area contributed by atoms with Crippen LogP contribution in [-0.2, 0) is 9.59 Å². The normalized spacial score (nSPS) is 19.1. The van der Waals surface area contributed by atoms with Gasteiger partial charge >= 0.3 is 0 Å². The summed E-state index contributed by atoms with van der Waals surface area (Å²) in [5.41, 5.74) is 0.763. The molecule has 1 aliphatic heterocycles. The third kappa shape index (κ3) is 3.53. The Labute approximate surface area is 138 Å². The molecule has 0 aliphatic carbocycles. The Morgan fingerprint density at radius 3 is 2.87 bits per heavy atom. The highest BCUT2D eigenvalue weighted by Gasteiger charge is 2.31. The highest BCUT2D eigenvalue weighted by molar-refractivity contribution is 8.15. The molecule has 5 nitrogen and oxygen atoms in total. The van der Waals surface area contributed by atoms with Crippen LogP contribution in [0, 0.1) is 0 Å². The molecule has 2 aromatic carbocycles. The number of rotatable bonds is 4. The summed E-state index contributed by atoms with van der Waals surface area (Å²) in [5.74, 6) is -0.331. The van der Waals surface area contributed by atoms with Crippen LogP contribution in [0.15, 0.2) is 47.5 Å². The Bertz CT molecular complexity index is 783. The van der Waals surface area contributed by atoms with E-state index in [1.807, 2.05) is 49.4 Å². The largest absolute Gasteiger partial charge is 0.325 e. The molecule has 23 heavy (non-hydrogen) atoms. The topological polar surface area (TPSA) is 70.6 Å². The van der Waals surface area contributed by atoms with Crippen LogP contribution >= 0.6 is 11.8 Å². The Kier molecular flexibility index (Phi) is 4.62. The summed E-state index contributed by atoms with van der Waals surface area (Å²) >= 11 is 1.31. The minimum absolute atomic E-state index is 0.127. The van der Waals surface area contributed by atoms with E-state index in [1.54, 1.807) is 0 Å². The first-order valence-electron chi connectivity index (χ1n) is 7.47. The Hall–Kier alpha value is -2.34. The lowest BCUT2D eigenvalue weighted by atomic mass is 10.1. The summed E-state index contributed by atoms with van der Waals surface area (Å²) in [4.78, 5) is 28.3. The van der Waals surface area contributed by atoms with Crippen molar-refractivity contribution in [1.82, 2.24) is 5.32 Å². The van der Waals surface area contributed by atoms with Gasteiger partial charge in [-0.2, -0.15) is 0 Å². The molecule has 2 N–H and O–H groups in total. The molecule has 0 unspecified atom stereocenters. The van der Waals surface area contributed by atoms with E-state index in [2.05, 4.69) is 15.6 Å². The lowest BCUT2D eigenvalue weighted by molar-refractivity contribution is -0.122. The second kappa shape index (κ2) is 6.83. The van der Waals surface area contributed by atoms with Crippen LogP contribution in [0.1, 0.15) is 13.3 Å². The number of nitrogens with one attached hydrogen (secondary N) is 2. The maximum Gasteiger partial charge on any atom is 0.240 e. The van der Waals surface area contributed by atoms with Crippen molar-refractivity contribution in [2.75, 3.05) is 11.9 Å². The fourth-order valence-corrected chi connectivity index (χ4v) is 3.50. The molecule has 0 radical (unpaired) electrons.